The van der Waals surface area contributed by atoms with Gasteiger partial charge < -0.3 is 9.88 Å². The smallest absolute Gasteiger partial charge is 0.251 e. The standard InChI is InChI=1S/C14H17ClN4O/c1-3-4-11-7-10(8-12(15)18-11)14(20)17-9-13-16-5-6-19(13)2/h5-8H,3-4,9H2,1-2H3,(H,17,20). The largest absolute Gasteiger partial charge is 0.345 e. The molecule has 0 fully saturated rings. The van der Waals surface area contributed by atoms with E-state index in [1.54, 1.807) is 18.3 Å². The molecule has 0 aliphatic carbocycles. The van der Waals surface area contributed by atoms with Crippen LogP contribution in [0.3, 0.4) is 0 Å². The molecular formula is C14H17ClN4O. The van der Waals surface area contributed by atoms with Gasteiger partial charge in [-0.15, -0.1) is 0 Å². The molecule has 2 aromatic rings. The van der Waals surface area contributed by atoms with E-state index in [0.717, 1.165) is 24.4 Å². The predicted molar refractivity (Wildman–Crippen MR) is 77.6 cm³/mol. The van der Waals surface area contributed by atoms with Crippen LogP contribution in [0.2, 0.25) is 5.15 Å². The van der Waals surface area contributed by atoms with Gasteiger partial charge in [-0.3, -0.25) is 4.79 Å². The molecule has 0 atom stereocenters. The number of amides is 1. The first-order valence-electron chi connectivity index (χ1n) is 6.51. The number of aryl methyl sites for hydroxylation is 2. The third-order valence-corrected chi connectivity index (χ3v) is 3.14. The Kier molecular flexibility index (Phi) is 4.74. The van der Waals surface area contributed by atoms with E-state index in [-0.39, 0.29) is 5.91 Å². The van der Waals surface area contributed by atoms with E-state index in [9.17, 15) is 4.79 Å². The highest BCUT2D eigenvalue weighted by atomic mass is 35.5. The maximum absolute atomic E-state index is 12.1. The van der Waals surface area contributed by atoms with Crippen LogP contribution in [0.1, 0.15) is 35.2 Å². The molecule has 0 aromatic carbocycles. The first-order valence-corrected chi connectivity index (χ1v) is 6.88. The molecule has 0 bridgehead atoms. The van der Waals surface area contributed by atoms with Crippen molar-refractivity contribution >= 4 is 17.5 Å². The number of pyridine rings is 1. The van der Waals surface area contributed by atoms with E-state index in [4.69, 9.17) is 11.6 Å². The zero-order valence-electron chi connectivity index (χ0n) is 11.6. The van der Waals surface area contributed by atoms with Crippen molar-refractivity contribution in [2.45, 2.75) is 26.3 Å². The maximum Gasteiger partial charge on any atom is 0.251 e. The van der Waals surface area contributed by atoms with E-state index >= 15 is 0 Å². The van der Waals surface area contributed by atoms with E-state index in [2.05, 4.69) is 22.2 Å². The number of hydrogen-bond donors (Lipinski definition) is 1. The zero-order chi connectivity index (χ0) is 14.5. The van der Waals surface area contributed by atoms with E-state index < -0.39 is 0 Å². The molecule has 0 saturated heterocycles. The van der Waals surface area contributed by atoms with Gasteiger partial charge in [-0.05, 0) is 18.6 Å². The predicted octanol–water partition coefficient (Wildman–Crippen LogP) is 2.35. The van der Waals surface area contributed by atoms with E-state index in [1.165, 1.54) is 0 Å². The highest BCUT2D eigenvalue weighted by Gasteiger charge is 2.10. The van der Waals surface area contributed by atoms with Gasteiger partial charge in [-0.2, -0.15) is 0 Å². The molecule has 0 aliphatic rings. The number of nitrogens with one attached hydrogen (secondary N) is 1. The van der Waals surface area contributed by atoms with Gasteiger partial charge in [0.2, 0.25) is 0 Å². The quantitative estimate of drug-likeness (QED) is 0.861. The summed E-state index contributed by atoms with van der Waals surface area (Å²) >= 11 is 5.95. The average Bonchev–Trinajstić information content (AvgIpc) is 2.81. The van der Waals surface area contributed by atoms with Crippen LogP contribution in [0, 0.1) is 0 Å². The molecule has 1 amide bonds. The van der Waals surface area contributed by atoms with Gasteiger partial charge in [0.25, 0.3) is 5.91 Å². The Bertz CT molecular complexity index is 609. The molecule has 2 heterocycles. The van der Waals surface area contributed by atoms with Crippen molar-refractivity contribution in [3.05, 3.63) is 46.8 Å². The maximum atomic E-state index is 12.1. The Labute approximate surface area is 123 Å². The summed E-state index contributed by atoms with van der Waals surface area (Å²) in [6.45, 7) is 2.44. The molecule has 0 spiro atoms. The Morgan fingerprint density at radius 3 is 2.90 bits per heavy atom. The summed E-state index contributed by atoms with van der Waals surface area (Å²) in [5.74, 6) is 0.627. The number of nitrogens with zero attached hydrogens (tertiary/aromatic N) is 3. The van der Waals surface area contributed by atoms with Crippen molar-refractivity contribution in [3.8, 4) is 0 Å². The zero-order valence-corrected chi connectivity index (χ0v) is 12.3. The molecule has 6 heteroatoms. The third kappa shape index (κ3) is 3.57. The molecule has 0 saturated carbocycles. The molecule has 2 rings (SSSR count). The Morgan fingerprint density at radius 2 is 2.25 bits per heavy atom. The topological polar surface area (TPSA) is 59.8 Å². The van der Waals surface area contributed by atoms with E-state index in [1.807, 2.05) is 17.8 Å². The molecule has 0 radical (unpaired) electrons. The first kappa shape index (κ1) is 14.5. The summed E-state index contributed by atoms with van der Waals surface area (Å²) < 4.78 is 1.86. The molecular weight excluding hydrogens is 276 g/mol. The van der Waals surface area contributed by atoms with Crippen LogP contribution in [0.4, 0.5) is 0 Å². The Balaban J connectivity index is 2.07. The van der Waals surface area contributed by atoms with Crippen molar-refractivity contribution in [3.63, 3.8) is 0 Å². The average molecular weight is 293 g/mol. The van der Waals surface area contributed by atoms with Crippen LogP contribution < -0.4 is 5.32 Å². The number of aromatic nitrogens is 3. The van der Waals surface area contributed by atoms with Crippen LogP contribution in [-0.2, 0) is 20.0 Å². The van der Waals surface area contributed by atoms with Crippen molar-refractivity contribution in [2.75, 3.05) is 0 Å². The number of halogens is 1. The second-order valence-electron chi connectivity index (χ2n) is 4.56. The number of imidazole rings is 1. The highest BCUT2D eigenvalue weighted by molar-refractivity contribution is 6.29. The van der Waals surface area contributed by atoms with Crippen molar-refractivity contribution in [1.82, 2.24) is 19.9 Å². The number of rotatable bonds is 5. The molecule has 106 valence electrons. The van der Waals surface area contributed by atoms with Crippen LogP contribution in [0.25, 0.3) is 0 Å². The van der Waals surface area contributed by atoms with Crippen molar-refractivity contribution in [2.24, 2.45) is 7.05 Å². The summed E-state index contributed by atoms with van der Waals surface area (Å²) in [6, 6.07) is 3.36. The fourth-order valence-corrected chi connectivity index (χ4v) is 2.12. The third-order valence-electron chi connectivity index (χ3n) is 2.94. The summed E-state index contributed by atoms with van der Waals surface area (Å²) in [4.78, 5) is 20.5. The lowest BCUT2D eigenvalue weighted by molar-refractivity contribution is 0.0949. The van der Waals surface area contributed by atoms with E-state index in [0.29, 0.717) is 17.3 Å². The highest BCUT2D eigenvalue weighted by Crippen LogP contribution is 2.12. The Hall–Kier alpha value is -1.88. The monoisotopic (exact) mass is 292 g/mol. The van der Waals surface area contributed by atoms with Crippen LogP contribution in [0.15, 0.2) is 24.5 Å². The summed E-state index contributed by atoms with van der Waals surface area (Å²) in [7, 11) is 1.89. The SMILES string of the molecule is CCCc1cc(C(=O)NCc2nccn2C)cc(Cl)n1. The first-order chi connectivity index (χ1) is 9.60. The summed E-state index contributed by atoms with van der Waals surface area (Å²) in [5.41, 5.74) is 1.37. The minimum atomic E-state index is -0.172. The lowest BCUT2D eigenvalue weighted by atomic mass is 10.1. The van der Waals surface area contributed by atoms with Gasteiger partial charge in [-0.1, -0.05) is 24.9 Å². The van der Waals surface area contributed by atoms with Gasteiger partial charge in [0.15, 0.2) is 0 Å². The number of hydrogen-bond acceptors (Lipinski definition) is 3. The molecule has 0 unspecified atom stereocenters. The molecule has 0 aliphatic heterocycles. The molecule has 20 heavy (non-hydrogen) atoms. The van der Waals surface area contributed by atoms with Crippen molar-refractivity contribution in [1.29, 1.82) is 0 Å². The van der Waals surface area contributed by atoms with Gasteiger partial charge in [0.1, 0.15) is 11.0 Å². The second kappa shape index (κ2) is 6.52. The normalized spacial score (nSPS) is 10.6. The number of carbonyl (C=O) groups is 1. The lowest BCUT2D eigenvalue weighted by Crippen LogP contribution is -2.24. The van der Waals surface area contributed by atoms with Gasteiger partial charge in [-0.25, -0.2) is 9.97 Å². The summed E-state index contributed by atoms with van der Waals surface area (Å²) in [5, 5.41) is 3.18. The fourth-order valence-electron chi connectivity index (χ4n) is 1.89. The molecule has 1 N–H and O–H groups in total. The molecule has 5 nitrogen and oxygen atoms in total. The number of carbonyl (C=O) groups excluding carboxylic acids is 1. The lowest BCUT2D eigenvalue weighted by Gasteiger charge is -2.07. The fraction of sp³-hybridized carbons (Fsp3) is 0.357. The van der Waals surface area contributed by atoms with Crippen LogP contribution in [-0.4, -0.2) is 20.4 Å². The second-order valence-corrected chi connectivity index (χ2v) is 4.94. The summed E-state index contributed by atoms with van der Waals surface area (Å²) in [6.07, 6.45) is 5.30. The van der Waals surface area contributed by atoms with Gasteiger partial charge in [0.05, 0.1) is 6.54 Å². The van der Waals surface area contributed by atoms with Gasteiger partial charge >= 0.3 is 0 Å². The van der Waals surface area contributed by atoms with Crippen LogP contribution in [0.5, 0.6) is 0 Å². The molecule has 2 aromatic heterocycles. The minimum Gasteiger partial charge on any atom is -0.345 e. The van der Waals surface area contributed by atoms with Crippen molar-refractivity contribution < 1.29 is 4.79 Å². The van der Waals surface area contributed by atoms with Crippen LogP contribution >= 0.6 is 11.6 Å². The van der Waals surface area contributed by atoms with Gasteiger partial charge in [0, 0.05) is 30.7 Å². The minimum absolute atomic E-state index is 0.172. The Morgan fingerprint density at radius 1 is 1.45 bits per heavy atom.